The summed E-state index contributed by atoms with van der Waals surface area (Å²) in [5.74, 6) is 4.14. The molecule has 39 heavy (non-hydrogen) atoms. The molecular formula is C28H27N7O3S. The fourth-order valence-corrected chi connectivity index (χ4v) is 6.87. The van der Waals surface area contributed by atoms with Gasteiger partial charge < -0.3 is 9.88 Å². The van der Waals surface area contributed by atoms with E-state index in [0.717, 1.165) is 37.6 Å². The summed E-state index contributed by atoms with van der Waals surface area (Å²) in [7, 11) is -3.85. The average Bonchev–Trinajstić information content (AvgIpc) is 3.68. The number of aromatic amines is 1. The van der Waals surface area contributed by atoms with E-state index in [4.69, 9.17) is 11.4 Å². The van der Waals surface area contributed by atoms with Crippen molar-refractivity contribution >= 4 is 43.8 Å². The highest BCUT2D eigenvalue weighted by Crippen LogP contribution is 2.38. The molecule has 198 valence electrons. The summed E-state index contributed by atoms with van der Waals surface area (Å²) in [6.45, 7) is 0. The maximum absolute atomic E-state index is 13.5. The topological polar surface area (TPSA) is 128 Å². The van der Waals surface area contributed by atoms with Crippen LogP contribution < -0.4 is 5.32 Å². The monoisotopic (exact) mass is 541 g/mol. The Labute approximate surface area is 225 Å². The molecule has 2 N–H and O–H groups in total. The number of hydrogen-bond donors (Lipinski definition) is 2. The summed E-state index contributed by atoms with van der Waals surface area (Å²) in [6, 6.07) is 11.8. The van der Waals surface area contributed by atoms with Gasteiger partial charge in [0.15, 0.2) is 5.65 Å². The smallest absolute Gasteiger partial charge is 0.269 e. The van der Waals surface area contributed by atoms with E-state index < -0.39 is 10.0 Å². The molecule has 0 spiro atoms. The summed E-state index contributed by atoms with van der Waals surface area (Å²) >= 11 is 0. The number of imidazole rings is 1. The van der Waals surface area contributed by atoms with E-state index in [1.54, 1.807) is 54.9 Å². The van der Waals surface area contributed by atoms with E-state index in [2.05, 4.69) is 31.0 Å². The lowest BCUT2D eigenvalue weighted by Gasteiger charge is -2.30. The number of H-pyrrole nitrogens is 1. The second kappa shape index (κ2) is 10.0. The Kier molecular flexibility index (Phi) is 6.40. The van der Waals surface area contributed by atoms with Gasteiger partial charge in [-0.3, -0.25) is 9.89 Å². The number of aromatic nitrogens is 6. The van der Waals surface area contributed by atoms with Gasteiger partial charge in [-0.05, 0) is 49.8 Å². The molecule has 0 saturated heterocycles. The van der Waals surface area contributed by atoms with Crippen molar-refractivity contribution in [2.45, 2.75) is 49.5 Å². The molecular weight excluding hydrogens is 514 g/mol. The number of nitrogens with zero attached hydrogens (tertiary/aromatic N) is 5. The molecule has 6 rings (SSSR count). The van der Waals surface area contributed by atoms with Crippen molar-refractivity contribution in [3.63, 3.8) is 0 Å². The number of pyridine rings is 1. The van der Waals surface area contributed by atoms with Gasteiger partial charge in [-0.1, -0.05) is 18.2 Å². The highest BCUT2D eigenvalue weighted by Gasteiger charge is 2.29. The first-order chi connectivity index (χ1) is 19.0. The lowest BCUT2D eigenvalue weighted by Crippen LogP contribution is -2.23. The summed E-state index contributed by atoms with van der Waals surface area (Å²) in [5, 5.41) is 10.1. The van der Waals surface area contributed by atoms with Crippen LogP contribution in [0.4, 0.5) is 5.82 Å². The Hall–Kier alpha value is -4.43. The van der Waals surface area contributed by atoms with E-state index in [1.807, 2.05) is 0 Å². The van der Waals surface area contributed by atoms with Crippen molar-refractivity contribution in [3.8, 4) is 12.3 Å². The number of terminal acetylenes is 1. The van der Waals surface area contributed by atoms with E-state index in [-0.39, 0.29) is 23.3 Å². The van der Waals surface area contributed by atoms with Crippen molar-refractivity contribution in [2.24, 2.45) is 5.92 Å². The molecule has 1 amide bonds. The minimum atomic E-state index is -3.85. The van der Waals surface area contributed by atoms with Crippen LogP contribution in [0.25, 0.3) is 22.1 Å². The Morgan fingerprint density at radius 3 is 2.64 bits per heavy atom. The summed E-state index contributed by atoms with van der Waals surface area (Å²) in [5.41, 5.74) is 1.72. The SMILES string of the molecule is C#CCC1CCC(n2c(CC(=O)Nc3ccn[nH]3)nc3cnc4c(ccn4S(=O)(=O)c4ccccc4)c32)CC1. The molecule has 1 fully saturated rings. The molecule has 10 nitrogen and oxygen atoms in total. The second-order valence-corrected chi connectivity index (χ2v) is 11.7. The number of amides is 1. The Morgan fingerprint density at radius 2 is 1.92 bits per heavy atom. The Bertz CT molecular complexity index is 1790. The van der Waals surface area contributed by atoms with Crippen molar-refractivity contribution in [1.29, 1.82) is 0 Å². The zero-order valence-electron chi connectivity index (χ0n) is 21.1. The lowest BCUT2D eigenvalue weighted by atomic mass is 9.84. The third kappa shape index (κ3) is 4.57. The van der Waals surface area contributed by atoms with Crippen LogP contribution in [0.2, 0.25) is 0 Å². The van der Waals surface area contributed by atoms with Crippen LogP contribution in [-0.4, -0.2) is 43.0 Å². The van der Waals surface area contributed by atoms with Crippen LogP contribution in [0.5, 0.6) is 0 Å². The molecule has 0 aliphatic heterocycles. The highest BCUT2D eigenvalue weighted by atomic mass is 32.2. The zero-order chi connectivity index (χ0) is 27.0. The average molecular weight is 542 g/mol. The predicted molar refractivity (Wildman–Crippen MR) is 147 cm³/mol. The lowest BCUT2D eigenvalue weighted by molar-refractivity contribution is -0.115. The maximum atomic E-state index is 13.5. The molecule has 1 aliphatic rings. The molecule has 1 saturated carbocycles. The molecule has 1 aliphatic carbocycles. The molecule has 4 heterocycles. The molecule has 1 aromatic carbocycles. The minimum absolute atomic E-state index is 0.0441. The molecule has 0 atom stereocenters. The van der Waals surface area contributed by atoms with E-state index in [9.17, 15) is 13.2 Å². The van der Waals surface area contributed by atoms with Crippen molar-refractivity contribution in [1.82, 2.24) is 28.7 Å². The van der Waals surface area contributed by atoms with Gasteiger partial charge in [-0.15, -0.1) is 12.3 Å². The number of rotatable bonds is 7. The van der Waals surface area contributed by atoms with Gasteiger partial charge >= 0.3 is 0 Å². The third-order valence-electron chi connectivity index (χ3n) is 7.38. The number of benzene rings is 1. The van der Waals surface area contributed by atoms with Crippen LogP contribution in [0.15, 0.2) is 66.0 Å². The first-order valence-corrected chi connectivity index (χ1v) is 14.3. The number of anilines is 1. The van der Waals surface area contributed by atoms with E-state index in [0.29, 0.717) is 34.1 Å². The van der Waals surface area contributed by atoms with Crippen LogP contribution in [-0.2, 0) is 21.2 Å². The van der Waals surface area contributed by atoms with Crippen molar-refractivity contribution in [2.75, 3.05) is 5.32 Å². The number of carbonyl (C=O) groups excluding carboxylic acids is 1. The normalized spacial score (nSPS) is 17.8. The first-order valence-electron chi connectivity index (χ1n) is 12.9. The fourth-order valence-electron chi connectivity index (χ4n) is 5.55. The Balaban J connectivity index is 1.46. The quantitative estimate of drug-likeness (QED) is 0.296. The second-order valence-electron chi connectivity index (χ2n) is 9.84. The van der Waals surface area contributed by atoms with Crippen LogP contribution in [0, 0.1) is 18.3 Å². The van der Waals surface area contributed by atoms with Gasteiger partial charge in [-0.25, -0.2) is 22.4 Å². The van der Waals surface area contributed by atoms with Gasteiger partial charge in [0.2, 0.25) is 5.91 Å². The minimum Gasteiger partial charge on any atom is -0.324 e. The maximum Gasteiger partial charge on any atom is 0.269 e. The summed E-state index contributed by atoms with van der Waals surface area (Å²) < 4.78 is 30.2. The van der Waals surface area contributed by atoms with E-state index in [1.165, 1.54) is 10.2 Å². The number of hydrogen-bond acceptors (Lipinski definition) is 6. The predicted octanol–water partition coefficient (Wildman–Crippen LogP) is 4.28. The Morgan fingerprint density at radius 1 is 1.13 bits per heavy atom. The van der Waals surface area contributed by atoms with Crippen LogP contribution in [0.1, 0.15) is 44.0 Å². The first kappa shape index (κ1) is 24.9. The molecule has 0 bridgehead atoms. The van der Waals surface area contributed by atoms with Gasteiger partial charge in [0.25, 0.3) is 10.0 Å². The molecule has 4 aromatic heterocycles. The zero-order valence-corrected chi connectivity index (χ0v) is 21.9. The standard InChI is InChI=1S/C28H27N7O3S/c1-2-6-19-9-11-20(12-10-19)35-25(17-26(36)32-24-13-15-30-33-24)31-23-18-29-28-22(27(23)35)14-16-34(28)39(37,38)21-7-4-3-5-8-21/h1,3-5,7-8,13-16,18-20H,6,9-12,17H2,(H2,30,32,33,36). The van der Waals surface area contributed by atoms with Gasteiger partial charge in [0.05, 0.1) is 29.2 Å². The van der Waals surface area contributed by atoms with Gasteiger partial charge in [-0.2, -0.15) is 5.10 Å². The van der Waals surface area contributed by atoms with Crippen LogP contribution >= 0.6 is 0 Å². The molecule has 0 radical (unpaired) electrons. The fraction of sp³-hybridized carbons (Fsp3) is 0.286. The molecule has 0 unspecified atom stereocenters. The molecule has 11 heteroatoms. The molecule has 5 aromatic rings. The summed E-state index contributed by atoms with van der Waals surface area (Å²) in [4.78, 5) is 22.5. The number of nitrogens with one attached hydrogen (secondary N) is 2. The number of carbonyl (C=O) groups is 1. The largest absolute Gasteiger partial charge is 0.324 e. The van der Waals surface area contributed by atoms with Crippen LogP contribution in [0.3, 0.4) is 0 Å². The number of fused-ring (bicyclic) bond motifs is 3. The third-order valence-corrected chi connectivity index (χ3v) is 9.06. The van der Waals surface area contributed by atoms with Crippen molar-refractivity contribution < 1.29 is 13.2 Å². The van der Waals surface area contributed by atoms with Gasteiger partial charge in [0, 0.05) is 30.1 Å². The van der Waals surface area contributed by atoms with E-state index >= 15 is 0 Å². The van der Waals surface area contributed by atoms with Gasteiger partial charge in [0.1, 0.15) is 17.2 Å². The summed E-state index contributed by atoms with van der Waals surface area (Å²) in [6.07, 6.45) is 14.8. The van der Waals surface area contributed by atoms with Crippen molar-refractivity contribution in [3.05, 3.63) is 66.9 Å². The highest BCUT2D eigenvalue weighted by molar-refractivity contribution is 7.90.